The molecule has 98 valence electrons. The molecule has 17 heavy (non-hydrogen) atoms. The van der Waals surface area contributed by atoms with Gasteiger partial charge in [0.25, 0.3) is 0 Å². The van der Waals surface area contributed by atoms with Gasteiger partial charge in [0.1, 0.15) is 0 Å². The van der Waals surface area contributed by atoms with E-state index in [2.05, 4.69) is 18.3 Å². The molecule has 0 spiro atoms. The second-order valence-electron chi connectivity index (χ2n) is 5.36. The van der Waals surface area contributed by atoms with Gasteiger partial charge >= 0.3 is 0 Å². The molecule has 3 atom stereocenters. The lowest BCUT2D eigenvalue weighted by atomic mass is 10.1. The van der Waals surface area contributed by atoms with Crippen molar-refractivity contribution in [3.63, 3.8) is 0 Å². The van der Waals surface area contributed by atoms with Crippen molar-refractivity contribution in [3.8, 4) is 0 Å². The molecule has 0 saturated carbocycles. The first-order chi connectivity index (χ1) is 8.29. The molecular formula is C14H26N2O. The van der Waals surface area contributed by atoms with E-state index in [0.29, 0.717) is 24.8 Å². The fraction of sp³-hybridized carbons (Fsp3) is 0.857. The Hall–Kier alpha value is -0.380. The second kappa shape index (κ2) is 6.53. The van der Waals surface area contributed by atoms with Crippen LogP contribution in [0, 0.1) is 0 Å². The predicted molar refractivity (Wildman–Crippen MR) is 71.0 cm³/mol. The van der Waals surface area contributed by atoms with Gasteiger partial charge in [0.05, 0.1) is 12.2 Å². The molecule has 1 heterocycles. The number of nitrogens with one attached hydrogen (secondary N) is 1. The smallest absolute Gasteiger partial charge is 0.0744 e. The van der Waals surface area contributed by atoms with Crippen molar-refractivity contribution < 1.29 is 4.74 Å². The maximum absolute atomic E-state index is 5.88. The Bertz CT molecular complexity index is 265. The second-order valence-corrected chi connectivity index (χ2v) is 5.36. The van der Waals surface area contributed by atoms with Crippen LogP contribution in [-0.2, 0) is 4.74 Å². The number of hydrogen-bond donors (Lipinski definition) is 2. The SMILES string of the molecule is CC1CCC(C(CN)NCCC2=CCCC2)O1. The Morgan fingerprint density at radius 2 is 2.41 bits per heavy atom. The summed E-state index contributed by atoms with van der Waals surface area (Å²) in [7, 11) is 0. The van der Waals surface area contributed by atoms with Gasteiger partial charge in [0, 0.05) is 12.6 Å². The van der Waals surface area contributed by atoms with Gasteiger partial charge < -0.3 is 15.8 Å². The summed E-state index contributed by atoms with van der Waals surface area (Å²) in [5, 5.41) is 3.57. The van der Waals surface area contributed by atoms with Crippen LogP contribution >= 0.6 is 0 Å². The molecule has 1 aliphatic carbocycles. The molecule has 3 heteroatoms. The standard InChI is InChI=1S/C14H26N2O/c1-11-6-7-14(17-11)13(10-15)16-9-8-12-4-2-3-5-12/h4,11,13-14,16H,2-3,5-10,15H2,1H3. The molecule has 0 aromatic rings. The van der Waals surface area contributed by atoms with Gasteiger partial charge in [-0.05, 0) is 52.0 Å². The van der Waals surface area contributed by atoms with Crippen LogP contribution in [0.4, 0.5) is 0 Å². The molecule has 0 amide bonds. The summed E-state index contributed by atoms with van der Waals surface area (Å²) in [5.41, 5.74) is 7.45. The molecule has 1 saturated heterocycles. The molecule has 0 radical (unpaired) electrons. The minimum Gasteiger partial charge on any atom is -0.374 e. The fourth-order valence-corrected chi connectivity index (χ4v) is 2.88. The fourth-order valence-electron chi connectivity index (χ4n) is 2.88. The van der Waals surface area contributed by atoms with Crippen molar-refractivity contribution in [2.24, 2.45) is 5.73 Å². The van der Waals surface area contributed by atoms with E-state index in [9.17, 15) is 0 Å². The summed E-state index contributed by atoms with van der Waals surface area (Å²) < 4.78 is 5.88. The predicted octanol–water partition coefficient (Wildman–Crippen LogP) is 1.97. The van der Waals surface area contributed by atoms with Gasteiger partial charge in [0.15, 0.2) is 0 Å². The number of nitrogens with two attached hydrogens (primary N) is 1. The van der Waals surface area contributed by atoms with E-state index in [1.807, 2.05) is 0 Å². The van der Waals surface area contributed by atoms with Crippen LogP contribution in [0.25, 0.3) is 0 Å². The highest BCUT2D eigenvalue weighted by Crippen LogP contribution is 2.22. The molecule has 3 unspecified atom stereocenters. The van der Waals surface area contributed by atoms with Crippen LogP contribution in [0.15, 0.2) is 11.6 Å². The lowest BCUT2D eigenvalue weighted by Gasteiger charge is -2.23. The quantitative estimate of drug-likeness (QED) is 0.696. The maximum atomic E-state index is 5.88. The number of rotatable bonds is 6. The van der Waals surface area contributed by atoms with E-state index in [4.69, 9.17) is 10.5 Å². The Balaban J connectivity index is 1.68. The molecule has 2 rings (SSSR count). The van der Waals surface area contributed by atoms with E-state index in [1.54, 1.807) is 5.57 Å². The van der Waals surface area contributed by atoms with E-state index in [-0.39, 0.29) is 0 Å². The van der Waals surface area contributed by atoms with Crippen molar-refractivity contribution >= 4 is 0 Å². The lowest BCUT2D eigenvalue weighted by molar-refractivity contribution is 0.0340. The van der Waals surface area contributed by atoms with E-state index >= 15 is 0 Å². The summed E-state index contributed by atoms with van der Waals surface area (Å²) in [6.45, 7) is 3.87. The van der Waals surface area contributed by atoms with Gasteiger partial charge in [-0.25, -0.2) is 0 Å². The van der Waals surface area contributed by atoms with Crippen LogP contribution in [0.1, 0.15) is 45.4 Å². The third-order valence-corrected chi connectivity index (χ3v) is 3.96. The number of ether oxygens (including phenoxy) is 1. The zero-order chi connectivity index (χ0) is 12.1. The molecule has 0 bridgehead atoms. The van der Waals surface area contributed by atoms with Crippen molar-refractivity contribution in [2.45, 2.75) is 63.7 Å². The molecule has 3 nitrogen and oxygen atoms in total. The Kier molecular flexibility index (Phi) is 5.01. The highest BCUT2D eigenvalue weighted by Gasteiger charge is 2.28. The van der Waals surface area contributed by atoms with Crippen molar-refractivity contribution in [3.05, 3.63) is 11.6 Å². The third kappa shape index (κ3) is 3.80. The topological polar surface area (TPSA) is 47.3 Å². The van der Waals surface area contributed by atoms with Gasteiger partial charge in [-0.2, -0.15) is 0 Å². The first-order valence-corrected chi connectivity index (χ1v) is 7.06. The first-order valence-electron chi connectivity index (χ1n) is 7.06. The van der Waals surface area contributed by atoms with E-state index in [1.165, 1.54) is 32.1 Å². The first kappa shape index (κ1) is 13.1. The summed E-state index contributed by atoms with van der Waals surface area (Å²) >= 11 is 0. The van der Waals surface area contributed by atoms with Crippen molar-refractivity contribution in [1.29, 1.82) is 0 Å². The summed E-state index contributed by atoms with van der Waals surface area (Å²) in [6, 6.07) is 0.335. The van der Waals surface area contributed by atoms with Gasteiger partial charge in [-0.15, -0.1) is 0 Å². The Labute approximate surface area is 105 Å². The normalized spacial score (nSPS) is 30.6. The number of hydrogen-bond acceptors (Lipinski definition) is 3. The molecule has 2 aliphatic rings. The van der Waals surface area contributed by atoms with Crippen LogP contribution in [0.2, 0.25) is 0 Å². The van der Waals surface area contributed by atoms with Crippen LogP contribution in [-0.4, -0.2) is 31.3 Å². The van der Waals surface area contributed by atoms with Crippen LogP contribution in [0.3, 0.4) is 0 Å². The average molecular weight is 238 g/mol. The minimum absolute atomic E-state index is 0.326. The zero-order valence-corrected chi connectivity index (χ0v) is 11.0. The summed E-state index contributed by atoms with van der Waals surface area (Å²) in [5.74, 6) is 0. The van der Waals surface area contributed by atoms with Crippen molar-refractivity contribution in [2.75, 3.05) is 13.1 Å². The monoisotopic (exact) mass is 238 g/mol. The number of allylic oxidation sites excluding steroid dienone is 1. The van der Waals surface area contributed by atoms with Gasteiger partial charge in [-0.3, -0.25) is 0 Å². The highest BCUT2D eigenvalue weighted by atomic mass is 16.5. The van der Waals surface area contributed by atoms with Gasteiger partial charge in [0.2, 0.25) is 0 Å². The Morgan fingerprint density at radius 1 is 1.53 bits per heavy atom. The van der Waals surface area contributed by atoms with Gasteiger partial charge in [-0.1, -0.05) is 11.6 Å². The molecule has 0 aromatic heterocycles. The van der Waals surface area contributed by atoms with E-state index in [0.717, 1.165) is 13.0 Å². The molecule has 1 aliphatic heterocycles. The van der Waals surface area contributed by atoms with E-state index < -0.39 is 0 Å². The maximum Gasteiger partial charge on any atom is 0.0744 e. The molecule has 1 fully saturated rings. The van der Waals surface area contributed by atoms with Crippen molar-refractivity contribution in [1.82, 2.24) is 5.32 Å². The average Bonchev–Trinajstić information content (AvgIpc) is 2.96. The molecule has 0 aromatic carbocycles. The molecule has 3 N–H and O–H groups in total. The van der Waals surface area contributed by atoms with Crippen LogP contribution < -0.4 is 11.1 Å². The lowest BCUT2D eigenvalue weighted by Crippen LogP contribution is -2.45. The summed E-state index contributed by atoms with van der Waals surface area (Å²) in [4.78, 5) is 0. The Morgan fingerprint density at radius 3 is 3.00 bits per heavy atom. The third-order valence-electron chi connectivity index (χ3n) is 3.96. The molecular weight excluding hydrogens is 212 g/mol. The zero-order valence-electron chi connectivity index (χ0n) is 11.0. The highest BCUT2D eigenvalue weighted by molar-refractivity contribution is 5.07. The minimum atomic E-state index is 0.326. The van der Waals surface area contributed by atoms with Crippen LogP contribution in [0.5, 0.6) is 0 Å². The summed E-state index contributed by atoms with van der Waals surface area (Å²) in [6.07, 6.45) is 10.6. The largest absolute Gasteiger partial charge is 0.374 e.